The van der Waals surface area contributed by atoms with Gasteiger partial charge in [-0.2, -0.15) is 0 Å². The summed E-state index contributed by atoms with van der Waals surface area (Å²) in [7, 11) is 1.57. The summed E-state index contributed by atoms with van der Waals surface area (Å²) in [6, 6.07) is 1.60. The van der Waals surface area contributed by atoms with Gasteiger partial charge in [0.2, 0.25) is 11.8 Å². The Morgan fingerprint density at radius 1 is 1.16 bits per heavy atom. The minimum atomic E-state index is -0.181. The number of methoxy groups -OCH3 is 1. The Kier molecular flexibility index (Phi) is 7.00. The maximum absolute atomic E-state index is 12.5. The second kappa shape index (κ2) is 9.22. The normalized spacial score (nSPS) is 14.5. The van der Waals surface area contributed by atoms with Crippen LogP contribution < -0.4 is 0 Å². The molecule has 8 heteroatoms. The number of rotatable bonds is 7. The molecule has 2 rings (SSSR count). The molecule has 138 valence electrons. The zero-order valence-corrected chi connectivity index (χ0v) is 14.8. The highest BCUT2D eigenvalue weighted by atomic mass is 16.5. The predicted octanol–water partition coefficient (Wildman–Crippen LogP) is 0.449. The summed E-state index contributed by atoms with van der Waals surface area (Å²) in [5.41, 5.74) is 0.457. The lowest BCUT2D eigenvalue weighted by Gasteiger charge is -2.34. The Morgan fingerprint density at radius 2 is 1.84 bits per heavy atom. The zero-order chi connectivity index (χ0) is 18.2. The van der Waals surface area contributed by atoms with Crippen molar-refractivity contribution >= 4 is 17.7 Å². The minimum Gasteiger partial charge on any atom is -0.472 e. The first-order chi connectivity index (χ1) is 12.0. The molecule has 1 saturated heterocycles. The molecule has 1 aliphatic rings. The van der Waals surface area contributed by atoms with Gasteiger partial charge in [-0.05, 0) is 6.07 Å². The van der Waals surface area contributed by atoms with Crippen LogP contribution in [0.5, 0.6) is 0 Å². The van der Waals surface area contributed by atoms with Crippen molar-refractivity contribution in [2.75, 3.05) is 53.0 Å². The average molecular weight is 351 g/mol. The highest BCUT2D eigenvalue weighted by molar-refractivity contribution is 5.94. The van der Waals surface area contributed by atoms with Crippen LogP contribution in [0.2, 0.25) is 0 Å². The molecular weight excluding hydrogens is 326 g/mol. The monoisotopic (exact) mass is 351 g/mol. The lowest BCUT2D eigenvalue weighted by molar-refractivity contribution is -0.138. The summed E-state index contributed by atoms with van der Waals surface area (Å²) in [6.07, 6.45) is 3.08. The average Bonchev–Trinajstić information content (AvgIpc) is 3.15. The number of carbonyl (C=O) groups is 3. The molecule has 1 fully saturated rings. The number of carbonyl (C=O) groups excluding carboxylic acids is 3. The van der Waals surface area contributed by atoms with Crippen LogP contribution >= 0.6 is 0 Å². The number of nitrogens with zero attached hydrogens (tertiary/aromatic N) is 3. The lowest BCUT2D eigenvalue weighted by Crippen LogP contribution is -2.50. The summed E-state index contributed by atoms with van der Waals surface area (Å²) in [5, 5.41) is 0. The second-order valence-electron chi connectivity index (χ2n) is 5.93. The Balaban J connectivity index is 1.86. The molecule has 0 atom stereocenters. The van der Waals surface area contributed by atoms with E-state index in [4.69, 9.17) is 9.15 Å². The first-order valence-corrected chi connectivity index (χ1v) is 8.36. The quantitative estimate of drug-likeness (QED) is 0.712. The van der Waals surface area contributed by atoms with Gasteiger partial charge < -0.3 is 23.9 Å². The van der Waals surface area contributed by atoms with Crippen LogP contribution in [-0.4, -0.2) is 85.4 Å². The summed E-state index contributed by atoms with van der Waals surface area (Å²) >= 11 is 0. The molecule has 1 aromatic rings. The van der Waals surface area contributed by atoms with Crippen molar-refractivity contribution in [3.05, 3.63) is 24.2 Å². The molecule has 0 unspecified atom stereocenters. The minimum absolute atomic E-state index is 0.00869. The van der Waals surface area contributed by atoms with Crippen LogP contribution in [0.3, 0.4) is 0 Å². The van der Waals surface area contributed by atoms with Crippen LogP contribution in [0, 0.1) is 0 Å². The first kappa shape index (κ1) is 19.0. The summed E-state index contributed by atoms with van der Waals surface area (Å²) in [6.45, 7) is 4.84. The molecule has 0 bridgehead atoms. The van der Waals surface area contributed by atoms with E-state index in [0.29, 0.717) is 51.4 Å². The topological polar surface area (TPSA) is 83.3 Å². The largest absolute Gasteiger partial charge is 0.472 e. The van der Waals surface area contributed by atoms with E-state index in [1.165, 1.54) is 19.5 Å². The van der Waals surface area contributed by atoms with Gasteiger partial charge in [-0.1, -0.05) is 0 Å². The van der Waals surface area contributed by atoms with Gasteiger partial charge in [0.25, 0.3) is 5.91 Å². The number of amides is 3. The van der Waals surface area contributed by atoms with E-state index in [0.717, 1.165) is 0 Å². The SMILES string of the molecule is COCCN(CCC(=O)N1CCN(C(C)=O)CC1)C(=O)c1ccoc1. The fraction of sp³-hybridized carbons (Fsp3) is 0.588. The second-order valence-corrected chi connectivity index (χ2v) is 5.93. The number of ether oxygens (including phenoxy) is 1. The van der Waals surface area contributed by atoms with Gasteiger partial charge in [0.15, 0.2) is 0 Å². The molecular formula is C17H25N3O5. The number of hydrogen-bond acceptors (Lipinski definition) is 5. The molecule has 3 amide bonds. The van der Waals surface area contributed by atoms with Gasteiger partial charge in [0, 0.05) is 59.7 Å². The zero-order valence-electron chi connectivity index (χ0n) is 14.8. The van der Waals surface area contributed by atoms with Crippen molar-refractivity contribution < 1.29 is 23.5 Å². The van der Waals surface area contributed by atoms with Crippen molar-refractivity contribution in [1.29, 1.82) is 0 Å². The molecule has 0 aliphatic carbocycles. The molecule has 8 nitrogen and oxygen atoms in total. The van der Waals surface area contributed by atoms with Gasteiger partial charge in [0.1, 0.15) is 6.26 Å². The van der Waals surface area contributed by atoms with Crippen molar-refractivity contribution in [3.8, 4) is 0 Å². The molecule has 0 radical (unpaired) electrons. The molecule has 0 aromatic carbocycles. The van der Waals surface area contributed by atoms with E-state index in [2.05, 4.69) is 0 Å². The molecule has 1 aliphatic heterocycles. The molecule has 0 N–H and O–H groups in total. The third-order valence-corrected chi connectivity index (χ3v) is 4.29. The Labute approximate surface area is 147 Å². The van der Waals surface area contributed by atoms with E-state index < -0.39 is 0 Å². The van der Waals surface area contributed by atoms with E-state index in [9.17, 15) is 14.4 Å². The highest BCUT2D eigenvalue weighted by Crippen LogP contribution is 2.09. The van der Waals surface area contributed by atoms with Crippen molar-refractivity contribution in [3.63, 3.8) is 0 Å². The standard InChI is InChI=1S/C17H25N3O5/c1-14(21)18-6-8-19(9-7-18)16(22)3-5-20(10-12-24-2)17(23)15-4-11-25-13-15/h4,11,13H,3,5-10,12H2,1-2H3. The fourth-order valence-electron chi connectivity index (χ4n) is 2.74. The lowest BCUT2D eigenvalue weighted by atomic mass is 10.2. The smallest absolute Gasteiger partial charge is 0.257 e. The van der Waals surface area contributed by atoms with Crippen molar-refractivity contribution in [1.82, 2.24) is 14.7 Å². The van der Waals surface area contributed by atoms with Gasteiger partial charge in [-0.25, -0.2) is 0 Å². The Hall–Kier alpha value is -2.35. The van der Waals surface area contributed by atoms with Gasteiger partial charge >= 0.3 is 0 Å². The summed E-state index contributed by atoms with van der Waals surface area (Å²) < 4.78 is 10.0. The maximum atomic E-state index is 12.5. The Bertz CT molecular complexity index is 579. The predicted molar refractivity (Wildman–Crippen MR) is 89.9 cm³/mol. The van der Waals surface area contributed by atoms with Gasteiger partial charge in [-0.3, -0.25) is 14.4 Å². The van der Waals surface area contributed by atoms with Crippen LogP contribution in [0.25, 0.3) is 0 Å². The summed E-state index contributed by atoms with van der Waals surface area (Å²) in [5.74, 6) is -0.158. The molecule has 2 heterocycles. The number of piperazine rings is 1. The van der Waals surface area contributed by atoms with Crippen LogP contribution in [0.15, 0.2) is 23.0 Å². The van der Waals surface area contributed by atoms with Crippen molar-refractivity contribution in [2.24, 2.45) is 0 Å². The van der Waals surface area contributed by atoms with Gasteiger partial charge in [-0.15, -0.1) is 0 Å². The van der Waals surface area contributed by atoms with E-state index in [-0.39, 0.29) is 24.1 Å². The van der Waals surface area contributed by atoms with Crippen LogP contribution in [0.1, 0.15) is 23.7 Å². The van der Waals surface area contributed by atoms with Gasteiger partial charge in [0.05, 0.1) is 18.4 Å². The Morgan fingerprint density at radius 3 is 2.40 bits per heavy atom. The fourth-order valence-corrected chi connectivity index (χ4v) is 2.74. The van der Waals surface area contributed by atoms with Crippen LogP contribution in [0.4, 0.5) is 0 Å². The number of furan rings is 1. The first-order valence-electron chi connectivity index (χ1n) is 8.36. The summed E-state index contributed by atoms with van der Waals surface area (Å²) in [4.78, 5) is 41.3. The molecule has 0 saturated carbocycles. The third-order valence-electron chi connectivity index (χ3n) is 4.29. The van der Waals surface area contributed by atoms with E-state index in [1.807, 2.05) is 0 Å². The van der Waals surface area contributed by atoms with E-state index in [1.54, 1.807) is 27.9 Å². The maximum Gasteiger partial charge on any atom is 0.257 e. The van der Waals surface area contributed by atoms with Crippen molar-refractivity contribution in [2.45, 2.75) is 13.3 Å². The third kappa shape index (κ3) is 5.32. The molecule has 0 spiro atoms. The number of hydrogen-bond donors (Lipinski definition) is 0. The van der Waals surface area contributed by atoms with E-state index >= 15 is 0 Å². The molecule has 1 aromatic heterocycles. The highest BCUT2D eigenvalue weighted by Gasteiger charge is 2.24. The van der Waals surface area contributed by atoms with Crippen LogP contribution in [-0.2, 0) is 14.3 Å². The molecule has 25 heavy (non-hydrogen) atoms.